The van der Waals surface area contributed by atoms with Crippen molar-refractivity contribution in [3.05, 3.63) is 47.5 Å². The minimum atomic E-state index is -0.187. The zero-order chi connectivity index (χ0) is 22.3. The Kier molecular flexibility index (Phi) is 7.51. The van der Waals surface area contributed by atoms with Crippen LogP contribution in [0.5, 0.6) is 5.75 Å². The number of halogens is 1. The molecule has 1 amide bonds. The summed E-state index contributed by atoms with van der Waals surface area (Å²) in [6.07, 6.45) is 0. The van der Waals surface area contributed by atoms with Gasteiger partial charge in [0.25, 0.3) is 5.22 Å². The average molecular weight is 475 g/mol. The highest BCUT2D eigenvalue weighted by Crippen LogP contribution is 2.34. The highest BCUT2D eigenvalue weighted by Gasteiger charge is 2.19. The molecule has 1 saturated heterocycles. The molecule has 10 heteroatoms. The molecular formula is C22H23ClN4O4S. The topological polar surface area (TPSA) is 89.7 Å². The molecule has 0 unspecified atom stereocenters. The van der Waals surface area contributed by atoms with E-state index in [1.165, 1.54) is 11.8 Å². The second kappa shape index (κ2) is 10.7. The number of para-hydroxylation sites is 1. The molecule has 32 heavy (non-hydrogen) atoms. The Bertz CT molecular complexity index is 1050. The fraction of sp³-hybridized carbons (Fsp3) is 0.318. The van der Waals surface area contributed by atoms with Crippen molar-refractivity contribution in [2.75, 3.05) is 48.9 Å². The van der Waals surface area contributed by atoms with Gasteiger partial charge in [-0.1, -0.05) is 29.4 Å². The maximum atomic E-state index is 12.6. The summed E-state index contributed by atoms with van der Waals surface area (Å²) < 4.78 is 16.5. The predicted molar refractivity (Wildman–Crippen MR) is 125 cm³/mol. The highest BCUT2D eigenvalue weighted by molar-refractivity contribution is 7.99. The number of morpholine rings is 1. The van der Waals surface area contributed by atoms with Crippen molar-refractivity contribution in [2.45, 2.75) is 12.1 Å². The lowest BCUT2D eigenvalue weighted by Gasteiger charge is -2.31. The van der Waals surface area contributed by atoms with Gasteiger partial charge in [0, 0.05) is 18.7 Å². The Balaban J connectivity index is 1.36. The molecule has 0 bridgehead atoms. The van der Waals surface area contributed by atoms with Gasteiger partial charge in [-0.2, -0.15) is 0 Å². The Morgan fingerprint density at radius 1 is 1.19 bits per heavy atom. The lowest BCUT2D eigenvalue weighted by Crippen LogP contribution is -2.37. The van der Waals surface area contributed by atoms with Crippen LogP contribution >= 0.6 is 23.4 Å². The number of amides is 1. The van der Waals surface area contributed by atoms with Gasteiger partial charge in [0.05, 0.1) is 42.0 Å². The molecule has 2 aromatic carbocycles. The first-order valence-electron chi connectivity index (χ1n) is 10.2. The summed E-state index contributed by atoms with van der Waals surface area (Å²) in [6, 6.07) is 12.9. The third-order valence-electron chi connectivity index (χ3n) is 4.73. The standard InChI is InChI=1S/C22H23ClN4O4S/c1-2-30-16-8-6-15(7-9-16)21-25-26-22(31-21)32-14-19(28)24-18-5-3-4-17(23)20(18)27-10-12-29-13-11-27/h3-9H,2,10-14H2,1H3,(H,24,28). The predicted octanol–water partition coefficient (Wildman–Crippen LogP) is 4.36. The van der Waals surface area contributed by atoms with Gasteiger partial charge in [0.2, 0.25) is 11.8 Å². The van der Waals surface area contributed by atoms with Crippen LogP contribution in [0.3, 0.4) is 0 Å². The summed E-state index contributed by atoms with van der Waals surface area (Å²) in [4.78, 5) is 14.7. The van der Waals surface area contributed by atoms with Crippen molar-refractivity contribution in [3.63, 3.8) is 0 Å². The van der Waals surface area contributed by atoms with E-state index in [0.717, 1.165) is 30.1 Å². The van der Waals surface area contributed by atoms with E-state index in [0.29, 0.717) is 41.6 Å². The zero-order valence-corrected chi connectivity index (χ0v) is 19.1. The third-order valence-corrected chi connectivity index (χ3v) is 5.86. The summed E-state index contributed by atoms with van der Waals surface area (Å²) in [5.74, 6) is 1.10. The lowest BCUT2D eigenvalue weighted by atomic mass is 10.2. The number of rotatable bonds is 8. The van der Waals surface area contributed by atoms with Gasteiger partial charge < -0.3 is 24.1 Å². The number of thioether (sulfide) groups is 1. The van der Waals surface area contributed by atoms with Crippen molar-refractivity contribution in [1.82, 2.24) is 10.2 Å². The second-order valence-electron chi connectivity index (χ2n) is 6.90. The molecule has 1 N–H and O–H groups in total. The molecule has 1 aliphatic heterocycles. The Morgan fingerprint density at radius 2 is 1.97 bits per heavy atom. The summed E-state index contributed by atoms with van der Waals surface area (Å²) in [5, 5.41) is 12.0. The quantitative estimate of drug-likeness (QED) is 0.482. The van der Waals surface area contributed by atoms with Crippen LogP contribution in [0.4, 0.5) is 11.4 Å². The zero-order valence-electron chi connectivity index (χ0n) is 17.5. The molecule has 4 rings (SSSR count). The molecular weight excluding hydrogens is 452 g/mol. The van der Waals surface area contributed by atoms with Gasteiger partial charge in [0.1, 0.15) is 5.75 Å². The van der Waals surface area contributed by atoms with E-state index in [-0.39, 0.29) is 11.7 Å². The van der Waals surface area contributed by atoms with Crippen molar-refractivity contribution in [2.24, 2.45) is 0 Å². The maximum absolute atomic E-state index is 12.6. The van der Waals surface area contributed by atoms with Crippen LogP contribution in [0.25, 0.3) is 11.5 Å². The second-order valence-corrected chi connectivity index (χ2v) is 8.24. The number of aromatic nitrogens is 2. The number of anilines is 2. The Morgan fingerprint density at radius 3 is 2.72 bits per heavy atom. The summed E-state index contributed by atoms with van der Waals surface area (Å²) in [5.41, 5.74) is 2.27. The van der Waals surface area contributed by atoms with Crippen LogP contribution in [0.1, 0.15) is 6.92 Å². The normalized spacial score (nSPS) is 13.8. The van der Waals surface area contributed by atoms with Gasteiger partial charge in [-0.25, -0.2) is 0 Å². The molecule has 8 nitrogen and oxygen atoms in total. The Hall–Kier alpha value is -2.75. The molecule has 0 saturated carbocycles. The van der Waals surface area contributed by atoms with Gasteiger partial charge in [0.15, 0.2) is 0 Å². The number of benzene rings is 2. The first-order chi connectivity index (χ1) is 15.6. The molecule has 0 spiro atoms. The van der Waals surface area contributed by atoms with Gasteiger partial charge in [-0.3, -0.25) is 4.79 Å². The lowest BCUT2D eigenvalue weighted by molar-refractivity contribution is -0.113. The molecule has 1 aliphatic rings. The van der Waals surface area contributed by atoms with E-state index in [9.17, 15) is 4.79 Å². The van der Waals surface area contributed by atoms with Gasteiger partial charge >= 0.3 is 0 Å². The van der Waals surface area contributed by atoms with E-state index in [4.69, 9.17) is 25.5 Å². The van der Waals surface area contributed by atoms with Crippen LogP contribution in [0.15, 0.2) is 52.1 Å². The fourth-order valence-electron chi connectivity index (χ4n) is 3.28. The van der Waals surface area contributed by atoms with Crippen molar-refractivity contribution in [3.8, 4) is 17.2 Å². The number of hydrogen-bond acceptors (Lipinski definition) is 8. The number of carbonyl (C=O) groups excluding carboxylic acids is 1. The molecule has 2 heterocycles. The molecule has 0 radical (unpaired) electrons. The number of nitrogens with one attached hydrogen (secondary N) is 1. The van der Waals surface area contributed by atoms with Crippen LogP contribution in [0, 0.1) is 0 Å². The first-order valence-corrected chi connectivity index (χ1v) is 11.6. The highest BCUT2D eigenvalue weighted by atomic mass is 35.5. The summed E-state index contributed by atoms with van der Waals surface area (Å²) >= 11 is 7.60. The minimum absolute atomic E-state index is 0.125. The van der Waals surface area contributed by atoms with E-state index in [1.54, 1.807) is 0 Å². The minimum Gasteiger partial charge on any atom is -0.494 e. The van der Waals surface area contributed by atoms with Gasteiger partial charge in [-0.15, -0.1) is 10.2 Å². The summed E-state index contributed by atoms with van der Waals surface area (Å²) in [7, 11) is 0. The van der Waals surface area contributed by atoms with Crippen molar-refractivity contribution >= 4 is 40.6 Å². The van der Waals surface area contributed by atoms with Gasteiger partial charge in [-0.05, 0) is 43.3 Å². The summed E-state index contributed by atoms with van der Waals surface area (Å²) in [6.45, 7) is 5.23. The van der Waals surface area contributed by atoms with E-state index in [2.05, 4.69) is 20.4 Å². The monoisotopic (exact) mass is 474 g/mol. The van der Waals surface area contributed by atoms with Crippen molar-refractivity contribution < 1.29 is 18.7 Å². The van der Waals surface area contributed by atoms with Crippen LogP contribution < -0.4 is 15.0 Å². The van der Waals surface area contributed by atoms with Crippen LogP contribution in [-0.4, -0.2) is 54.8 Å². The largest absolute Gasteiger partial charge is 0.494 e. The molecule has 3 aromatic rings. The molecule has 1 aromatic heterocycles. The van der Waals surface area contributed by atoms with E-state index in [1.807, 2.05) is 49.4 Å². The number of carbonyl (C=O) groups is 1. The molecule has 1 fully saturated rings. The number of hydrogen-bond donors (Lipinski definition) is 1. The van der Waals surface area contributed by atoms with E-state index < -0.39 is 0 Å². The number of nitrogens with zero attached hydrogens (tertiary/aromatic N) is 3. The SMILES string of the molecule is CCOc1ccc(-c2nnc(SCC(=O)Nc3cccc(Cl)c3N3CCOCC3)o2)cc1. The third kappa shape index (κ3) is 5.53. The number of ether oxygens (including phenoxy) is 2. The molecule has 168 valence electrons. The fourth-order valence-corrected chi connectivity index (χ4v) is 4.14. The van der Waals surface area contributed by atoms with Crippen LogP contribution in [-0.2, 0) is 9.53 Å². The average Bonchev–Trinajstić information content (AvgIpc) is 3.28. The van der Waals surface area contributed by atoms with Crippen LogP contribution in [0.2, 0.25) is 5.02 Å². The first kappa shape index (κ1) is 22.4. The smallest absolute Gasteiger partial charge is 0.277 e. The molecule has 0 atom stereocenters. The van der Waals surface area contributed by atoms with Crippen molar-refractivity contribution in [1.29, 1.82) is 0 Å². The Labute approximate surface area is 195 Å². The molecule has 0 aliphatic carbocycles. The van der Waals surface area contributed by atoms with E-state index >= 15 is 0 Å². The maximum Gasteiger partial charge on any atom is 0.277 e.